The summed E-state index contributed by atoms with van der Waals surface area (Å²) in [5.74, 6) is -0.722. The lowest BCUT2D eigenvalue weighted by Crippen LogP contribution is -2.47. The Morgan fingerprint density at radius 3 is 1.31 bits per heavy atom. The molecular weight excluding hydrogens is 940 g/mol. The summed E-state index contributed by atoms with van der Waals surface area (Å²) in [6.07, 6.45) is 75.6. The van der Waals surface area contributed by atoms with Gasteiger partial charge in [-0.1, -0.05) is 218 Å². The largest absolute Gasteiger partial charge is 0.756 e. The predicted octanol–water partition coefficient (Wildman–Crippen LogP) is 16.9. The van der Waals surface area contributed by atoms with E-state index in [1.54, 1.807) is 6.08 Å². The van der Waals surface area contributed by atoms with Crippen LogP contribution in [-0.4, -0.2) is 69.4 Å². The van der Waals surface area contributed by atoms with E-state index < -0.39 is 32.5 Å². The molecule has 0 saturated heterocycles. The highest BCUT2D eigenvalue weighted by atomic mass is 31.2. The lowest BCUT2D eigenvalue weighted by molar-refractivity contribution is -0.870. The first kappa shape index (κ1) is 69.9. The van der Waals surface area contributed by atoms with Crippen molar-refractivity contribution in [3.63, 3.8) is 0 Å². The number of unbranched alkanes of at least 4 members (excludes halogenated alkanes) is 11. The molecule has 0 aromatic heterocycles. The number of phosphoric acid groups is 1. The van der Waals surface area contributed by atoms with Crippen LogP contribution in [0.3, 0.4) is 0 Å². The molecule has 10 heteroatoms. The van der Waals surface area contributed by atoms with Crippen molar-refractivity contribution in [1.29, 1.82) is 0 Å². The molecule has 0 radical (unpaired) electrons. The summed E-state index contributed by atoms with van der Waals surface area (Å²) < 4.78 is 30.1. The van der Waals surface area contributed by atoms with Gasteiger partial charge in [0.1, 0.15) is 19.3 Å². The van der Waals surface area contributed by atoms with Crippen LogP contribution < -0.4 is 10.2 Å². The number of nitrogens with one attached hydrogen (secondary N) is 1. The molecule has 0 aliphatic rings. The van der Waals surface area contributed by atoms with Gasteiger partial charge in [0.05, 0.1) is 33.8 Å². The van der Waals surface area contributed by atoms with Crippen molar-refractivity contribution in [2.24, 2.45) is 0 Å². The van der Waals surface area contributed by atoms with Crippen LogP contribution >= 0.6 is 7.82 Å². The maximum absolute atomic E-state index is 13.5. The Morgan fingerprint density at radius 1 is 0.486 bits per heavy atom. The minimum Gasteiger partial charge on any atom is -0.756 e. The Bertz CT molecular complexity index is 1770. The molecule has 0 fully saturated rings. The van der Waals surface area contributed by atoms with E-state index in [4.69, 9.17) is 13.8 Å². The summed E-state index contributed by atoms with van der Waals surface area (Å²) in [7, 11) is 1.08. The van der Waals surface area contributed by atoms with E-state index in [0.29, 0.717) is 30.3 Å². The number of allylic oxidation sites excluding steroid dienone is 23. The maximum Gasteiger partial charge on any atom is 0.306 e. The van der Waals surface area contributed by atoms with Gasteiger partial charge in [0.25, 0.3) is 7.82 Å². The molecule has 0 bridgehead atoms. The molecule has 3 atom stereocenters. The molecule has 0 spiro atoms. The zero-order chi connectivity index (χ0) is 54.3. The fraction of sp³-hybridized carbons (Fsp3) is 0.594. The van der Waals surface area contributed by atoms with Gasteiger partial charge < -0.3 is 28.5 Å². The Balaban J connectivity index is 5.58. The van der Waals surface area contributed by atoms with Crippen LogP contribution in [0.5, 0.6) is 0 Å². The summed E-state index contributed by atoms with van der Waals surface area (Å²) in [4.78, 5) is 39.8. The van der Waals surface area contributed by atoms with E-state index in [2.05, 4.69) is 148 Å². The number of ether oxygens (including phenoxy) is 1. The Kier molecular flexibility index (Phi) is 49.4. The minimum absolute atomic E-state index is 0.0533. The molecule has 0 aliphatic carbocycles. The summed E-state index contributed by atoms with van der Waals surface area (Å²) in [6.45, 7) is 6.48. The van der Waals surface area contributed by atoms with Crippen LogP contribution in [0.1, 0.15) is 194 Å². The summed E-state index contributed by atoms with van der Waals surface area (Å²) in [5, 5.41) is 2.95. The lowest BCUT2D eigenvalue weighted by Gasteiger charge is -2.30. The van der Waals surface area contributed by atoms with Crippen molar-refractivity contribution in [3.8, 4) is 0 Å². The fourth-order valence-electron chi connectivity index (χ4n) is 7.17. The minimum atomic E-state index is -4.74. The molecule has 0 saturated carbocycles. The number of likely N-dealkylation sites (N-methyl/N-ethyl adjacent to an activating group) is 1. The smallest absolute Gasteiger partial charge is 0.306 e. The molecular formula is C64H105N2O7P. The van der Waals surface area contributed by atoms with Crippen molar-refractivity contribution in [3.05, 3.63) is 146 Å². The fourth-order valence-corrected chi connectivity index (χ4v) is 7.89. The Morgan fingerprint density at radius 2 is 0.878 bits per heavy atom. The van der Waals surface area contributed by atoms with Gasteiger partial charge in [-0.3, -0.25) is 14.2 Å². The van der Waals surface area contributed by atoms with Crippen molar-refractivity contribution in [1.82, 2.24) is 5.32 Å². The van der Waals surface area contributed by atoms with Crippen LogP contribution in [0, 0.1) is 0 Å². The summed E-state index contributed by atoms with van der Waals surface area (Å²) >= 11 is 0. The number of phosphoric ester groups is 1. The van der Waals surface area contributed by atoms with E-state index in [-0.39, 0.29) is 25.4 Å². The van der Waals surface area contributed by atoms with Gasteiger partial charge in [-0.25, -0.2) is 0 Å². The molecule has 0 rings (SSSR count). The first-order valence-corrected chi connectivity index (χ1v) is 30.1. The average Bonchev–Trinajstić information content (AvgIpc) is 3.36. The van der Waals surface area contributed by atoms with Crippen LogP contribution in [0.2, 0.25) is 0 Å². The molecule has 1 N–H and O–H groups in total. The van der Waals surface area contributed by atoms with Crippen molar-refractivity contribution < 1.29 is 37.3 Å². The monoisotopic (exact) mass is 1040 g/mol. The van der Waals surface area contributed by atoms with Crippen molar-refractivity contribution >= 4 is 19.7 Å². The number of carbonyl (C=O) groups is 2. The molecule has 0 aromatic rings. The van der Waals surface area contributed by atoms with E-state index in [1.807, 2.05) is 39.4 Å². The SMILES string of the molecule is CC/C=C\C/C=C\C/C=C\C/C=C\C/C=C\C/C=C\CCC(=O)NC(COP(=O)([O-])OCC[N+](C)(C)C)C(/C=C/CCCCCCCCCCCC)OC(=O)CCC/C=C\C/C=C\C/C=C\C/C=C\C/C=C\CC. The Labute approximate surface area is 453 Å². The maximum atomic E-state index is 13.5. The van der Waals surface area contributed by atoms with Crippen molar-refractivity contribution in [2.75, 3.05) is 40.9 Å². The third-order valence-electron chi connectivity index (χ3n) is 11.5. The number of rotatable bonds is 49. The first-order valence-electron chi connectivity index (χ1n) is 28.6. The molecule has 418 valence electrons. The third kappa shape index (κ3) is 52.7. The topological polar surface area (TPSA) is 114 Å². The highest BCUT2D eigenvalue weighted by Crippen LogP contribution is 2.38. The standard InChI is InChI=1S/C64H105N2O7P/c1-7-10-13-16-19-22-25-28-30-32-33-35-36-38-41-44-47-50-53-56-63(67)65-61(60-72-74(69,70)71-59-58-66(4,5)6)62(55-52-49-46-43-40-27-24-21-18-15-12-9-3)73-64(68)57-54-51-48-45-42-39-37-34-31-29-26-23-20-17-14-11-8-2/h10-11,13-14,19-20,22-23,28-31,33,35,37-39,41,45,47-48,50,52,55,61-62H,7-9,12,15-18,21,24-27,32,34,36,40,42-44,46,49,51,53-54,56-60H2,1-6H3,(H-,65,67,69,70)/b13-10-,14-11-,22-19-,23-20-,30-28-,31-29-,35-33-,39-37-,41-38-,48-45-,50-47-,55-52+. The number of carbonyl (C=O) groups excluding carboxylic acids is 2. The molecule has 1 amide bonds. The summed E-state index contributed by atoms with van der Waals surface area (Å²) in [6, 6.07) is -0.962. The Hall–Kier alpha value is -4.11. The highest BCUT2D eigenvalue weighted by molar-refractivity contribution is 7.45. The van der Waals surface area contributed by atoms with Gasteiger partial charge in [0.2, 0.25) is 5.91 Å². The second kappa shape index (κ2) is 52.3. The molecule has 74 heavy (non-hydrogen) atoms. The second-order valence-electron chi connectivity index (χ2n) is 19.7. The quantitative estimate of drug-likeness (QED) is 0.0212. The molecule has 0 aliphatic heterocycles. The van der Waals surface area contributed by atoms with E-state index in [0.717, 1.165) is 89.9 Å². The number of amides is 1. The first-order chi connectivity index (χ1) is 35.9. The zero-order valence-corrected chi connectivity index (χ0v) is 48.4. The number of hydrogen-bond acceptors (Lipinski definition) is 7. The van der Waals surface area contributed by atoms with Crippen molar-refractivity contribution in [2.45, 2.75) is 206 Å². The average molecular weight is 1050 g/mol. The third-order valence-corrected chi connectivity index (χ3v) is 12.5. The van der Waals surface area contributed by atoms with E-state index in [1.165, 1.54) is 51.4 Å². The van der Waals surface area contributed by atoms with Gasteiger partial charge in [0, 0.05) is 12.8 Å². The number of esters is 1. The highest BCUT2D eigenvalue weighted by Gasteiger charge is 2.27. The predicted molar refractivity (Wildman–Crippen MR) is 316 cm³/mol. The zero-order valence-electron chi connectivity index (χ0n) is 47.5. The van der Waals surface area contributed by atoms with Gasteiger partial charge in [0.15, 0.2) is 0 Å². The van der Waals surface area contributed by atoms with E-state index in [9.17, 15) is 19.0 Å². The van der Waals surface area contributed by atoms with Crippen LogP contribution in [-0.2, 0) is 27.9 Å². The molecule has 9 nitrogen and oxygen atoms in total. The van der Waals surface area contributed by atoms with Crippen LogP contribution in [0.4, 0.5) is 0 Å². The normalized spacial score (nSPS) is 14.9. The molecule has 0 aromatic carbocycles. The van der Waals surface area contributed by atoms with Gasteiger partial charge >= 0.3 is 5.97 Å². The second-order valence-corrected chi connectivity index (χ2v) is 21.1. The van der Waals surface area contributed by atoms with E-state index >= 15 is 0 Å². The van der Waals surface area contributed by atoms with Gasteiger partial charge in [-0.2, -0.15) is 0 Å². The lowest BCUT2D eigenvalue weighted by atomic mass is 10.1. The molecule has 3 unspecified atom stereocenters. The van der Waals surface area contributed by atoms with Crippen LogP contribution in [0.25, 0.3) is 0 Å². The van der Waals surface area contributed by atoms with Crippen LogP contribution in [0.15, 0.2) is 146 Å². The van der Waals surface area contributed by atoms with Gasteiger partial charge in [-0.15, -0.1) is 0 Å². The number of nitrogens with zero attached hydrogens (tertiary/aromatic N) is 1. The molecule has 0 heterocycles. The number of hydrogen-bond donors (Lipinski definition) is 1. The number of quaternary nitrogens is 1. The summed E-state index contributed by atoms with van der Waals surface area (Å²) in [5.41, 5.74) is 0. The van der Waals surface area contributed by atoms with Gasteiger partial charge in [-0.05, 0) is 109 Å².